The zero-order valence-corrected chi connectivity index (χ0v) is 27.5. The second-order valence-corrected chi connectivity index (χ2v) is 13.8. The lowest BCUT2D eigenvalue weighted by atomic mass is 9.72. The van der Waals surface area contributed by atoms with Gasteiger partial charge in [0.15, 0.2) is 16.7 Å². The number of benzene rings is 1. The maximum atomic E-state index is 13.3. The summed E-state index contributed by atoms with van der Waals surface area (Å²) >= 11 is 2.52. The van der Waals surface area contributed by atoms with Crippen LogP contribution in [0, 0.1) is 21.4 Å². The number of furan rings is 1. The number of thioether (sulfide) groups is 1. The average Bonchev–Trinajstić information content (AvgIpc) is 3.77. The Morgan fingerprint density at radius 1 is 1.20 bits per heavy atom. The number of nitrogens with zero attached hydrogens (tertiary/aromatic N) is 4. The van der Waals surface area contributed by atoms with E-state index in [-0.39, 0.29) is 41.7 Å². The van der Waals surface area contributed by atoms with E-state index < -0.39 is 16.8 Å². The molecule has 0 saturated carbocycles. The predicted molar refractivity (Wildman–Crippen MR) is 172 cm³/mol. The van der Waals surface area contributed by atoms with Crippen molar-refractivity contribution in [2.24, 2.45) is 11.3 Å². The van der Waals surface area contributed by atoms with Gasteiger partial charge in [0.05, 0.1) is 35.7 Å². The zero-order chi connectivity index (χ0) is 33.0. The molecule has 0 bridgehead atoms. The van der Waals surface area contributed by atoms with E-state index in [1.54, 1.807) is 17.6 Å². The third kappa shape index (κ3) is 7.31. The number of carbonyl (C=O) groups is 3. The zero-order valence-electron chi connectivity index (χ0n) is 25.8. The second kappa shape index (κ2) is 13.9. The number of esters is 1. The number of anilines is 1. The number of hydrogen-bond acceptors (Lipinski definition) is 11. The van der Waals surface area contributed by atoms with Gasteiger partial charge >= 0.3 is 5.97 Å². The van der Waals surface area contributed by atoms with Crippen LogP contribution in [0.1, 0.15) is 71.3 Å². The maximum Gasteiger partial charge on any atom is 0.341 e. The average molecular weight is 667 g/mol. The van der Waals surface area contributed by atoms with Gasteiger partial charge in [-0.1, -0.05) is 32.5 Å². The standard InChI is InChI=1S/C31H34N6O7S2/c1-5-43-29(40)26-21-13-8-18(31(2,3)4)15-23(21)46-28(26)33-25(38)17-45-30-35-34-24(16-32-27(39)22-7-6-14-44-22)36(30)19-9-11-20(12-10-19)37(41)42/h6-7,9-12,14,18H,5,8,13,15-17H2,1-4H3,(H,32,39)(H,33,38). The van der Waals surface area contributed by atoms with Crippen molar-refractivity contribution in [3.05, 3.63) is 80.4 Å². The highest BCUT2D eigenvalue weighted by Gasteiger charge is 2.34. The Balaban J connectivity index is 1.35. The Labute approximate surface area is 273 Å². The number of amides is 2. The highest BCUT2D eigenvalue weighted by atomic mass is 32.2. The van der Waals surface area contributed by atoms with E-state index >= 15 is 0 Å². The lowest BCUT2D eigenvalue weighted by molar-refractivity contribution is -0.384. The van der Waals surface area contributed by atoms with E-state index in [0.29, 0.717) is 33.2 Å². The van der Waals surface area contributed by atoms with E-state index in [1.807, 2.05) is 0 Å². The van der Waals surface area contributed by atoms with Crippen molar-refractivity contribution >= 4 is 51.6 Å². The molecule has 1 atom stereocenters. The lowest BCUT2D eigenvalue weighted by Crippen LogP contribution is -2.26. The molecule has 0 aliphatic heterocycles. The number of hydrogen-bond donors (Lipinski definition) is 2. The molecule has 1 aliphatic rings. The molecular weight excluding hydrogens is 633 g/mol. The number of nitrogens with one attached hydrogen (secondary N) is 2. The largest absolute Gasteiger partial charge is 0.462 e. The predicted octanol–water partition coefficient (Wildman–Crippen LogP) is 5.82. The molecule has 13 nitrogen and oxygen atoms in total. The van der Waals surface area contributed by atoms with E-state index in [4.69, 9.17) is 9.15 Å². The molecular formula is C31H34N6O7S2. The van der Waals surface area contributed by atoms with Crippen molar-refractivity contribution in [1.29, 1.82) is 0 Å². The fourth-order valence-corrected chi connectivity index (χ4v) is 7.37. The molecule has 3 heterocycles. The summed E-state index contributed by atoms with van der Waals surface area (Å²) < 4.78 is 12.1. The Morgan fingerprint density at radius 2 is 1.96 bits per heavy atom. The van der Waals surface area contributed by atoms with E-state index in [2.05, 4.69) is 41.6 Å². The SMILES string of the molecule is CCOC(=O)c1c(NC(=O)CSc2nnc(CNC(=O)c3ccco3)n2-c2ccc([N+](=O)[O-])cc2)sc2c1CCC(C(C)(C)C)C2. The first-order valence-electron chi connectivity index (χ1n) is 14.7. The van der Waals surface area contributed by atoms with E-state index in [0.717, 1.165) is 41.5 Å². The van der Waals surface area contributed by atoms with Crippen LogP contribution in [-0.2, 0) is 28.9 Å². The van der Waals surface area contributed by atoms with Crippen molar-refractivity contribution in [1.82, 2.24) is 20.1 Å². The molecule has 242 valence electrons. The highest BCUT2D eigenvalue weighted by Crippen LogP contribution is 2.44. The number of thiophene rings is 1. The molecule has 4 aromatic rings. The van der Waals surface area contributed by atoms with Crippen LogP contribution in [0.4, 0.5) is 10.7 Å². The van der Waals surface area contributed by atoms with Crippen LogP contribution in [0.25, 0.3) is 5.69 Å². The van der Waals surface area contributed by atoms with Crippen LogP contribution >= 0.6 is 23.1 Å². The molecule has 2 N–H and O–H groups in total. The number of nitro groups is 1. The molecule has 1 aromatic carbocycles. The second-order valence-electron chi connectivity index (χ2n) is 11.7. The number of fused-ring (bicyclic) bond motifs is 1. The number of ether oxygens (including phenoxy) is 1. The van der Waals surface area contributed by atoms with Gasteiger partial charge in [0, 0.05) is 22.7 Å². The summed E-state index contributed by atoms with van der Waals surface area (Å²) in [4.78, 5) is 50.6. The molecule has 1 unspecified atom stereocenters. The van der Waals surface area contributed by atoms with Gasteiger partial charge in [0.2, 0.25) is 5.91 Å². The summed E-state index contributed by atoms with van der Waals surface area (Å²) in [6, 6.07) is 8.89. The first-order valence-corrected chi connectivity index (χ1v) is 16.5. The molecule has 0 saturated heterocycles. The van der Waals surface area contributed by atoms with Crippen LogP contribution in [0.3, 0.4) is 0 Å². The van der Waals surface area contributed by atoms with Gasteiger partial charge in [-0.3, -0.25) is 24.3 Å². The quantitative estimate of drug-likeness (QED) is 0.0860. The van der Waals surface area contributed by atoms with Gasteiger partial charge < -0.3 is 19.8 Å². The molecule has 0 radical (unpaired) electrons. The number of nitro benzene ring substituents is 1. The molecule has 3 aromatic heterocycles. The van der Waals surface area contributed by atoms with Crippen molar-refractivity contribution in [3.63, 3.8) is 0 Å². The molecule has 46 heavy (non-hydrogen) atoms. The molecule has 2 amide bonds. The molecule has 0 spiro atoms. The first kappa shape index (κ1) is 32.9. The minimum atomic E-state index is -0.503. The Hall–Kier alpha value is -4.50. The van der Waals surface area contributed by atoms with Crippen molar-refractivity contribution < 1.29 is 28.5 Å². The molecule has 15 heteroatoms. The Kier molecular flexibility index (Phi) is 9.91. The van der Waals surface area contributed by atoms with Crippen LogP contribution in [0.15, 0.2) is 52.2 Å². The normalized spacial score (nSPS) is 14.4. The Morgan fingerprint density at radius 3 is 2.61 bits per heavy atom. The van der Waals surface area contributed by atoms with Gasteiger partial charge in [0.25, 0.3) is 11.6 Å². The summed E-state index contributed by atoms with van der Waals surface area (Å²) in [6.07, 6.45) is 3.91. The number of non-ortho nitro benzene ring substituents is 1. The van der Waals surface area contributed by atoms with Crippen molar-refractivity contribution in [3.8, 4) is 5.69 Å². The minimum Gasteiger partial charge on any atom is -0.462 e. The molecule has 0 fully saturated rings. The summed E-state index contributed by atoms with van der Waals surface area (Å²) in [6.45, 7) is 8.59. The lowest BCUT2D eigenvalue weighted by Gasteiger charge is -2.33. The van der Waals surface area contributed by atoms with Gasteiger partial charge in [-0.25, -0.2) is 4.79 Å². The molecule has 5 rings (SSSR count). The fraction of sp³-hybridized carbons (Fsp3) is 0.387. The fourth-order valence-electron chi connectivity index (χ4n) is 5.27. The maximum absolute atomic E-state index is 13.3. The van der Waals surface area contributed by atoms with Crippen LogP contribution in [0.5, 0.6) is 0 Å². The van der Waals surface area contributed by atoms with Crippen molar-refractivity contribution in [2.45, 2.75) is 58.7 Å². The highest BCUT2D eigenvalue weighted by molar-refractivity contribution is 7.99. The molecule has 1 aliphatic carbocycles. The van der Waals surface area contributed by atoms with E-state index in [1.165, 1.54) is 47.9 Å². The number of carbonyl (C=O) groups excluding carboxylic acids is 3. The minimum absolute atomic E-state index is 0.0323. The van der Waals surface area contributed by atoms with E-state index in [9.17, 15) is 24.5 Å². The summed E-state index contributed by atoms with van der Waals surface area (Å²) in [5.74, 6) is -0.416. The summed E-state index contributed by atoms with van der Waals surface area (Å²) in [5, 5.41) is 26.1. The van der Waals surface area contributed by atoms with Crippen molar-refractivity contribution in [2.75, 3.05) is 17.7 Å². The number of aromatic nitrogens is 3. The monoisotopic (exact) mass is 666 g/mol. The third-order valence-corrected chi connectivity index (χ3v) is 9.82. The van der Waals surface area contributed by atoms with Gasteiger partial charge in [0.1, 0.15) is 5.00 Å². The van der Waals surface area contributed by atoms with Crippen LogP contribution in [0.2, 0.25) is 0 Å². The Bertz CT molecular complexity index is 1740. The number of rotatable bonds is 11. The third-order valence-electron chi connectivity index (χ3n) is 7.73. The van der Waals surface area contributed by atoms with Gasteiger partial charge in [-0.15, -0.1) is 21.5 Å². The summed E-state index contributed by atoms with van der Waals surface area (Å²) in [7, 11) is 0. The van der Waals surface area contributed by atoms with Gasteiger partial charge in [-0.2, -0.15) is 0 Å². The van der Waals surface area contributed by atoms with Crippen LogP contribution < -0.4 is 10.6 Å². The van der Waals surface area contributed by atoms with Gasteiger partial charge in [-0.05, 0) is 67.3 Å². The summed E-state index contributed by atoms with van der Waals surface area (Å²) in [5.41, 5.74) is 1.90. The first-order chi connectivity index (χ1) is 22.0. The smallest absolute Gasteiger partial charge is 0.341 e. The topological polar surface area (TPSA) is 171 Å². The van der Waals surface area contributed by atoms with Crippen LogP contribution in [-0.4, -0.2) is 49.8 Å².